The van der Waals surface area contributed by atoms with Crippen LogP contribution in [0.3, 0.4) is 0 Å². The van der Waals surface area contributed by atoms with Gasteiger partial charge in [-0.25, -0.2) is 5.48 Å². The highest BCUT2D eigenvalue weighted by molar-refractivity contribution is 5.83. The Morgan fingerprint density at radius 2 is 1.07 bits per heavy atom. The third-order valence-electron chi connectivity index (χ3n) is 4.62. The smallest absolute Gasteiger partial charge is 0.162 e. The Labute approximate surface area is 165 Å². The number of nitrogens with one attached hydrogen (secondary N) is 1. The van der Waals surface area contributed by atoms with E-state index in [1.807, 2.05) is 72.8 Å². The van der Waals surface area contributed by atoms with Crippen LogP contribution < -0.4 is 10.3 Å². The first-order chi connectivity index (χ1) is 13.8. The maximum absolute atomic E-state index is 5.40. The van der Waals surface area contributed by atoms with Crippen LogP contribution in [-0.4, -0.2) is 0 Å². The molecule has 0 atom stereocenters. The maximum atomic E-state index is 5.40. The molecule has 0 unspecified atom stereocenters. The number of fused-ring (bicyclic) bond motifs is 3. The quantitative estimate of drug-likeness (QED) is 0.422. The summed E-state index contributed by atoms with van der Waals surface area (Å²) in [6, 6.07) is 36.6. The SMILES string of the molecule is C=C(c1ccccc1)c1ccccc1.c1ccc2c(c1)NOc1ccccc1-2. The lowest BCUT2D eigenvalue weighted by atomic mass is 10.0. The molecule has 0 aliphatic carbocycles. The van der Waals surface area contributed by atoms with Crippen molar-refractivity contribution in [2.24, 2.45) is 0 Å². The van der Waals surface area contributed by atoms with Crippen molar-refractivity contribution in [1.82, 2.24) is 0 Å². The second-order valence-corrected chi connectivity index (χ2v) is 6.46. The van der Waals surface area contributed by atoms with Crippen LogP contribution in [0.2, 0.25) is 0 Å². The fourth-order valence-corrected chi connectivity index (χ4v) is 3.14. The van der Waals surface area contributed by atoms with Gasteiger partial charge in [-0.15, -0.1) is 0 Å². The number of benzene rings is 4. The van der Waals surface area contributed by atoms with Gasteiger partial charge in [-0.3, -0.25) is 0 Å². The van der Waals surface area contributed by atoms with Crippen LogP contribution in [0, 0.1) is 0 Å². The predicted molar refractivity (Wildman–Crippen MR) is 117 cm³/mol. The summed E-state index contributed by atoms with van der Waals surface area (Å²) >= 11 is 0. The minimum atomic E-state index is 0.881. The van der Waals surface area contributed by atoms with Crippen molar-refractivity contribution in [3.63, 3.8) is 0 Å². The molecule has 0 saturated heterocycles. The van der Waals surface area contributed by atoms with Crippen molar-refractivity contribution in [2.45, 2.75) is 0 Å². The first kappa shape index (κ1) is 17.6. The summed E-state index contributed by atoms with van der Waals surface area (Å²) < 4.78 is 0. The second-order valence-electron chi connectivity index (χ2n) is 6.46. The number of hydrogen-bond acceptors (Lipinski definition) is 2. The normalized spacial score (nSPS) is 10.9. The van der Waals surface area contributed by atoms with Crippen LogP contribution in [0.1, 0.15) is 11.1 Å². The van der Waals surface area contributed by atoms with E-state index in [0.29, 0.717) is 0 Å². The lowest BCUT2D eigenvalue weighted by Crippen LogP contribution is -2.10. The highest BCUT2D eigenvalue weighted by atomic mass is 16.6. The summed E-state index contributed by atoms with van der Waals surface area (Å²) in [5, 5.41) is 0. The predicted octanol–water partition coefficient (Wildman–Crippen LogP) is 6.82. The molecule has 4 aromatic carbocycles. The van der Waals surface area contributed by atoms with Crippen molar-refractivity contribution in [2.75, 3.05) is 5.48 Å². The van der Waals surface area contributed by atoms with Gasteiger partial charge >= 0.3 is 0 Å². The topological polar surface area (TPSA) is 21.3 Å². The van der Waals surface area contributed by atoms with Gasteiger partial charge in [-0.05, 0) is 28.8 Å². The molecule has 2 nitrogen and oxygen atoms in total. The summed E-state index contributed by atoms with van der Waals surface area (Å²) in [5.41, 5.74) is 9.70. The molecule has 1 heterocycles. The Hall–Kier alpha value is -3.78. The van der Waals surface area contributed by atoms with Crippen LogP contribution in [0.15, 0.2) is 116 Å². The fraction of sp³-hybridized carbons (Fsp3) is 0. The molecule has 0 fully saturated rings. The van der Waals surface area contributed by atoms with Gasteiger partial charge in [-0.1, -0.05) is 104 Å². The molecule has 0 radical (unpaired) electrons. The van der Waals surface area contributed by atoms with Gasteiger partial charge < -0.3 is 4.84 Å². The van der Waals surface area contributed by atoms with Gasteiger partial charge in [0.25, 0.3) is 0 Å². The van der Waals surface area contributed by atoms with E-state index in [1.165, 1.54) is 16.7 Å². The highest BCUT2D eigenvalue weighted by Gasteiger charge is 2.14. The van der Waals surface area contributed by atoms with Gasteiger partial charge in [0.05, 0.1) is 5.69 Å². The van der Waals surface area contributed by atoms with Crippen LogP contribution in [0.25, 0.3) is 16.7 Å². The Balaban J connectivity index is 0.000000137. The van der Waals surface area contributed by atoms with Crippen LogP contribution >= 0.6 is 0 Å². The van der Waals surface area contributed by atoms with Gasteiger partial charge in [0.1, 0.15) is 0 Å². The van der Waals surface area contributed by atoms with Crippen molar-refractivity contribution in [1.29, 1.82) is 0 Å². The Morgan fingerprint density at radius 1 is 0.571 bits per heavy atom. The molecule has 1 aliphatic heterocycles. The number of para-hydroxylation sites is 2. The zero-order valence-electron chi connectivity index (χ0n) is 15.5. The third kappa shape index (κ3) is 3.81. The number of hydrogen-bond donors (Lipinski definition) is 1. The molecule has 136 valence electrons. The highest BCUT2D eigenvalue weighted by Crippen LogP contribution is 2.38. The molecule has 4 aromatic rings. The van der Waals surface area contributed by atoms with E-state index in [2.05, 4.69) is 48.5 Å². The third-order valence-corrected chi connectivity index (χ3v) is 4.62. The molecule has 1 N–H and O–H groups in total. The molecule has 28 heavy (non-hydrogen) atoms. The largest absolute Gasteiger partial charge is 0.381 e. The van der Waals surface area contributed by atoms with Gasteiger partial charge in [-0.2, -0.15) is 0 Å². The first-order valence-electron chi connectivity index (χ1n) is 9.24. The summed E-state index contributed by atoms with van der Waals surface area (Å²) in [6.45, 7) is 4.10. The van der Waals surface area contributed by atoms with E-state index < -0.39 is 0 Å². The minimum absolute atomic E-state index is 0.881. The molecule has 1 aliphatic rings. The summed E-state index contributed by atoms with van der Waals surface area (Å²) in [5.74, 6) is 0.881. The molecule has 0 amide bonds. The average Bonchev–Trinajstić information content (AvgIpc) is 2.80. The lowest BCUT2D eigenvalue weighted by molar-refractivity contribution is 0.402. The zero-order valence-corrected chi connectivity index (χ0v) is 15.5. The van der Waals surface area contributed by atoms with Crippen molar-refractivity contribution < 1.29 is 4.84 Å². The van der Waals surface area contributed by atoms with E-state index in [4.69, 9.17) is 4.84 Å². The van der Waals surface area contributed by atoms with Gasteiger partial charge in [0.2, 0.25) is 0 Å². The molecule has 2 heteroatoms. The maximum Gasteiger partial charge on any atom is 0.162 e. The van der Waals surface area contributed by atoms with Crippen LogP contribution in [0.5, 0.6) is 5.75 Å². The van der Waals surface area contributed by atoms with Crippen LogP contribution in [-0.2, 0) is 0 Å². The fourth-order valence-electron chi connectivity index (χ4n) is 3.14. The molecule has 0 saturated carbocycles. The van der Waals surface area contributed by atoms with E-state index in [0.717, 1.165) is 22.6 Å². The Kier molecular flexibility index (Phi) is 5.21. The molecule has 0 aromatic heterocycles. The Morgan fingerprint density at radius 3 is 1.71 bits per heavy atom. The molecular weight excluding hydrogens is 342 g/mol. The monoisotopic (exact) mass is 363 g/mol. The first-order valence-corrected chi connectivity index (χ1v) is 9.24. The molecular formula is C26H21NO. The van der Waals surface area contributed by atoms with Gasteiger partial charge in [0, 0.05) is 11.1 Å². The van der Waals surface area contributed by atoms with Crippen molar-refractivity contribution in [3.8, 4) is 16.9 Å². The van der Waals surface area contributed by atoms with E-state index >= 15 is 0 Å². The van der Waals surface area contributed by atoms with E-state index in [-0.39, 0.29) is 0 Å². The van der Waals surface area contributed by atoms with E-state index in [9.17, 15) is 0 Å². The van der Waals surface area contributed by atoms with Crippen molar-refractivity contribution >= 4 is 11.3 Å². The van der Waals surface area contributed by atoms with Crippen molar-refractivity contribution in [3.05, 3.63) is 127 Å². The number of rotatable bonds is 2. The zero-order chi connectivity index (χ0) is 19.2. The number of anilines is 1. The Bertz CT molecular complexity index is 985. The van der Waals surface area contributed by atoms with Crippen LogP contribution in [0.4, 0.5) is 5.69 Å². The standard InChI is InChI=1S/C14H12.C12H9NO/c1-12(13-8-4-2-5-9-13)14-10-6-3-7-11-14;1-3-7-11-9(5-1)10-6-2-4-8-12(10)14-13-11/h2-11H,1H2;1-8,13H. The van der Waals surface area contributed by atoms with E-state index in [1.54, 1.807) is 0 Å². The summed E-state index contributed by atoms with van der Waals surface area (Å²) in [7, 11) is 0. The minimum Gasteiger partial charge on any atom is -0.381 e. The summed E-state index contributed by atoms with van der Waals surface area (Å²) in [4.78, 5) is 5.40. The second kappa shape index (κ2) is 8.28. The molecule has 0 spiro atoms. The van der Waals surface area contributed by atoms with Gasteiger partial charge in [0.15, 0.2) is 5.75 Å². The average molecular weight is 363 g/mol. The lowest BCUT2D eigenvalue weighted by Gasteiger charge is -2.20. The molecule has 0 bridgehead atoms. The molecule has 5 rings (SSSR count). The summed E-state index contributed by atoms with van der Waals surface area (Å²) in [6.07, 6.45) is 0.